The molecule has 0 radical (unpaired) electrons. The first kappa shape index (κ1) is 18.9. The van der Waals surface area contributed by atoms with Crippen molar-refractivity contribution in [2.24, 2.45) is 0 Å². The van der Waals surface area contributed by atoms with Crippen LogP contribution < -0.4 is 15.4 Å². The molecular weight excluding hydrogens is 382 g/mol. The molecule has 0 saturated heterocycles. The van der Waals surface area contributed by atoms with E-state index in [4.69, 9.17) is 9.72 Å². The van der Waals surface area contributed by atoms with E-state index >= 15 is 0 Å². The number of aromatic nitrogens is 3. The van der Waals surface area contributed by atoms with Gasteiger partial charge in [-0.1, -0.05) is 6.07 Å². The molecule has 1 aromatic carbocycles. The van der Waals surface area contributed by atoms with E-state index in [9.17, 15) is 0 Å². The molecule has 6 nitrogen and oxygen atoms in total. The maximum atomic E-state index is 5.18. The molecular formula is C22H21N5OS. The van der Waals surface area contributed by atoms with Gasteiger partial charge in [0.15, 0.2) is 0 Å². The van der Waals surface area contributed by atoms with Crippen molar-refractivity contribution in [3.8, 4) is 16.3 Å². The summed E-state index contributed by atoms with van der Waals surface area (Å²) in [7, 11) is 1.66. The summed E-state index contributed by atoms with van der Waals surface area (Å²) in [6.07, 6.45) is 3.65. The fraction of sp³-hybridized carbons (Fsp3) is 0.136. The lowest BCUT2D eigenvalue weighted by molar-refractivity contribution is 0.415. The standard InChI is InChI=1S/C22H21N5OS/c1-15-10-11-23-21(12-15)27-20-5-3-4-18(26-20)19-13-25-22(29-19)14-24-16-6-8-17(28-2)9-7-16/h3-13,24H,14H2,1-2H3,(H,23,26,27). The molecule has 2 N–H and O–H groups in total. The summed E-state index contributed by atoms with van der Waals surface area (Å²) in [5.74, 6) is 2.38. The Hall–Kier alpha value is -3.45. The van der Waals surface area contributed by atoms with E-state index in [0.717, 1.165) is 44.2 Å². The minimum absolute atomic E-state index is 0.655. The summed E-state index contributed by atoms with van der Waals surface area (Å²) < 4.78 is 5.18. The third-order valence-electron chi connectivity index (χ3n) is 4.26. The van der Waals surface area contributed by atoms with Crippen LogP contribution in [0.5, 0.6) is 5.75 Å². The van der Waals surface area contributed by atoms with Gasteiger partial charge in [0.25, 0.3) is 0 Å². The molecule has 0 fully saturated rings. The molecule has 29 heavy (non-hydrogen) atoms. The molecule has 3 heterocycles. The van der Waals surface area contributed by atoms with Gasteiger partial charge in [-0.2, -0.15) is 0 Å². The van der Waals surface area contributed by atoms with Crippen LogP contribution in [0.25, 0.3) is 10.6 Å². The Balaban J connectivity index is 1.43. The fourth-order valence-electron chi connectivity index (χ4n) is 2.77. The Labute approximate surface area is 173 Å². The lowest BCUT2D eigenvalue weighted by Crippen LogP contribution is -1.98. The third kappa shape index (κ3) is 4.89. The van der Waals surface area contributed by atoms with Crippen molar-refractivity contribution < 1.29 is 4.74 Å². The fourth-order valence-corrected chi connectivity index (χ4v) is 3.60. The van der Waals surface area contributed by atoms with Crippen molar-refractivity contribution in [3.05, 3.63) is 77.6 Å². The second kappa shape index (κ2) is 8.70. The number of hydrogen-bond donors (Lipinski definition) is 2. The minimum Gasteiger partial charge on any atom is -0.497 e. The summed E-state index contributed by atoms with van der Waals surface area (Å²) in [6, 6.07) is 17.7. The van der Waals surface area contributed by atoms with Gasteiger partial charge in [-0.25, -0.2) is 15.0 Å². The van der Waals surface area contributed by atoms with Crippen LogP contribution in [0.2, 0.25) is 0 Å². The van der Waals surface area contributed by atoms with Crippen LogP contribution >= 0.6 is 11.3 Å². The van der Waals surface area contributed by atoms with Gasteiger partial charge >= 0.3 is 0 Å². The van der Waals surface area contributed by atoms with E-state index < -0.39 is 0 Å². The maximum Gasteiger partial charge on any atom is 0.132 e. The Morgan fingerprint density at radius 3 is 2.66 bits per heavy atom. The van der Waals surface area contributed by atoms with Gasteiger partial charge in [0.1, 0.15) is 22.4 Å². The average molecular weight is 404 g/mol. The second-order valence-electron chi connectivity index (χ2n) is 6.45. The van der Waals surface area contributed by atoms with Crippen molar-refractivity contribution in [1.29, 1.82) is 0 Å². The van der Waals surface area contributed by atoms with Crippen LogP contribution in [0.4, 0.5) is 17.3 Å². The minimum atomic E-state index is 0.655. The molecule has 3 aromatic heterocycles. The quantitative estimate of drug-likeness (QED) is 0.438. The van der Waals surface area contributed by atoms with Crippen molar-refractivity contribution >= 4 is 28.7 Å². The van der Waals surface area contributed by atoms with Gasteiger partial charge < -0.3 is 15.4 Å². The predicted molar refractivity (Wildman–Crippen MR) is 118 cm³/mol. The van der Waals surface area contributed by atoms with Crippen LogP contribution in [-0.4, -0.2) is 22.1 Å². The Morgan fingerprint density at radius 1 is 1.00 bits per heavy atom. The Kier molecular flexibility index (Phi) is 5.67. The lowest BCUT2D eigenvalue weighted by atomic mass is 10.3. The first-order chi connectivity index (χ1) is 14.2. The summed E-state index contributed by atoms with van der Waals surface area (Å²) >= 11 is 1.63. The SMILES string of the molecule is COc1ccc(NCc2ncc(-c3cccc(Nc4cc(C)ccn4)n3)s2)cc1. The molecule has 0 bridgehead atoms. The Morgan fingerprint density at radius 2 is 1.86 bits per heavy atom. The van der Waals surface area contributed by atoms with Gasteiger partial charge in [0.2, 0.25) is 0 Å². The van der Waals surface area contributed by atoms with E-state index in [1.807, 2.05) is 67.7 Å². The zero-order valence-electron chi connectivity index (χ0n) is 16.2. The molecule has 7 heteroatoms. The third-order valence-corrected chi connectivity index (χ3v) is 5.28. The monoisotopic (exact) mass is 403 g/mol. The first-order valence-corrected chi connectivity index (χ1v) is 10.0. The molecule has 0 aliphatic heterocycles. The number of nitrogens with zero attached hydrogens (tertiary/aromatic N) is 3. The number of anilines is 3. The topological polar surface area (TPSA) is 72.0 Å². The Bertz CT molecular complexity index is 1090. The average Bonchev–Trinajstić information content (AvgIpc) is 3.22. The first-order valence-electron chi connectivity index (χ1n) is 9.19. The van der Waals surface area contributed by atoms with Crippen LogP contribution in [0, 0.1) is 6.92 Å². The number of methoxy groups -OCH3 is 1. The number of thiazole rings is 1. The number of aryl methyl sites for hydroxylation is 1. The highest BCUT2D eigenvalue weighted by Crippen LogP contribution is 2.27. The highest BCUT2D eigenvalue weighted by molar-refractivity contribution is 7.15. The molecule has 0 spiro atoms. The van der Waals surface area contributed by atoms with Crippen molar-refractivity contribution in [3.63, 3.8) is 0 Å². The van der Waals surface area contributed by atoms with Crippen LogP contribution in [0.15, 0.2) is 67.0 Å². The molecule has 0 atom stereocenters. The van der Waals surface area contributed by atoms with Crippen molar-refractivity contribution in [1.82, 2.24) is 15.0 Å². The van der Waals surface area contributed by atoms with E-state index in [1.165, 1.54) is 0 Å². The zero-order chi connectivity index (χ0) is 20.1. The van der Waals surface area contributed by atoms with Gasteiger partial charge in [0.05, 0.1) is 24.2 Å². The molecule has 0 unspecified atom stereocenters. The van der Waals surface area contributed by atoms with Gasteiger partial charge in [-0.05, 0) is 61.0 Å². The maximum absolute atomic E-state index is 5.18. The second-order valence-corrected chi connectivity index (χ2v) is 7.57. The van der Waals surface area contributed by atoms with Crippen LogP contribution in [0.1, 0.15) is 10.6 Å². The smallest absolute Gasteiger partial charge is 0.132 e. The summed E-state index contributed by atoms with van der Waals surface area (Å²) in [5.41, 5.74) is 3.06. The molecule has 0 aliphatic carbocycles. The normalized spacial score (nSPS) is 10.6. The number of ether oxygens (including phenoxy) is 1. The molecule has 0 amide bonds. The molecule has 146 valence electrons. The molecule has 4 aromatic rings. The van der Waals surface area contributed by atoms with Gasteiger partial charge in [-0.3, -0.25) is 0 Å². The van der Waals surface area contributed by atoms with Crippen LogP contribution in [-0.2, 0) is 6.54 Å². The molecule has 4 rings (SSSR count). The highest BCUT2D eigenvalue weighted by atomic mass is 32.1. The number of hydrogen-bond acceptors (Lipinski definition) is 7. The van der Waals surface area contributed by atoms with E-state index in [0.29, 0.717) is 6.54 Å². The molecule has 0 aliphatic rings. The number of pyridine rings is 2. The summed E-state index contributed by atoms with van der Waals surface area (Å²) in [5, 5.41) is 7.63. The van der Waals surface area contributed by atoms with Crippen LogP contribution in [0.3, 0.4) is 0 Å². The predicted octanol–water partition coefficient (Wildman–Crippen LogP) is 5.27. The largest absolute Gasteiger partial charge is 0.497 e. The summed E-state index contributed by atoms with van der Waals surface area (Å²) in [6.45, 7) is 2.69. The highest BCUT2D eigenvalue weighted by Gasteiger charge is 2.07. The van der Waals surface area contributed by atoms with Gasteiger partial charge in [0, 0.05) is 18.1 Å². The van der Waals surface area contributed by atoms with E-state index in [2.05, 4.69) is 20.6 Å². The molecule has 0 saturated carbocycles. The zero-order valence-corrected chi connectivity index (χ0v) is 17.0. The van der Waals surface area contributed by atoms with E-state index in [1.54, 1.807) is 24.6 Å². The lowest BCUT2D eigenvalue weighted by Gasteiger charge is -2.06. The van der Waals surface area contributed by atoms with Crippen molar-refractivity contribution in [2.45, 2.75) is 13.5 Å². The number of nitrogens with one attached hydrogen (secondary N) is 2. The van der Waals surface area contributed by atoms with E-state index in [-0.39, 0.29) is 0 Å². The number of rotatable bonds is 7. The summed E-state index contributed by atoms with van der Waals surface area (Å²) in [4.78, 5) is 14.6. The van der Waals surface area contributed by atoms with Gasteiger partial charge in [-0.15, -0.1) is 11.3 Å². The number of benzene rings is 1. The van der Waals surface area contributed by atoms with Crippen molar-refractivity contribution in [2.75, 3.05) is 17.7 Å².